The Morgan fingerprint density at radius 3 is 2.31 bits per heavy atom. The largest absolute Gasteiger partial charge is 0.481 e. The lowest BCUT2D eigenvalue weighted by Gasteiger charge is -2.08. The lowest BCUT2D eigenvalue weighted by molar-refractivity contribution is -0.140. The van der Waals surface area contributed by atoms with E-state index in [0.29, 0.717) is 11.1 Å². The standard InChI is InChI=1S/C12H11NO3/c1-2-10(12(15)16)11(14)9-5-3-8(7-13)4-6-9/h3-6,10H,2H2,1H3,(H,15,16). The first kappa shape index (κ1) is 11.9. The van der Waals surface area contributed by atoms with Crippen LogP contribution in [0, 0.1) is 17.2 Å². The molecule has 1 atom stereocenters. The highest BCUT2D eigenvalue weighted by Crippen LogP contribution is 2.13. The third-order valence-electron chi connectivity index (χ3n) is 2.32. The Balaban J connectivity index is 2.96. The van der Waals surface area contributed by atoms with Crippen LogP contribution in [0.4, 0.5) is 0 Å². The molecular weight excluding hydrogens is 206 g/mol. The van der Waals surface area contributed by atoms with E-state index in [-0.39, 0.29) is 6.42 Å². The van der Waals surface area contributed by atoms with Crippen molar-refractivity contribution in [1.82, 2.24) is 0 Å². The van der Waals surface area contributed by atoms with Crippen LogP contribution in [0.15, 0.2) is 24.3 Å². The Bertz CT molecular complexity index is 442. The Hall–Kier alpha value is -2.15. The van der Waals surface area contributed by atoms with Gasteiger partial charge in [0, 0.05) is 5.56 Å². The van der Waals surface area contributed by atoms with Crippen molar-refractivity contribution in [2.45, 2.75) is 13.3 Å². The van der Waals surface area contributed by atoms with E-state index in [1.54, 1.807) is 6.92 Å². The lowest BCUT2D eigenvalue weighted by atomic mass is 9.95. The zero-order chi connectivity index (χ0) is 12.1. The minimum Gasteiger partial charge on any atom is -0.481 e. The molecular formula is C12H11NO3. The summed E-state index contributed by atoms with van der Waals surface area (Å²) in [5.74, 6) is -2.54. The maximum absolute atomic E-state index is 11.8. The van der Waals surface area contributed by atoms with E-state index in [2.05, 4.69) is 0 Å². The molecule has 0 aliphatic carbocycles. The first-order chi connectivity index (χ1) is 7.60. The van der Waals surface area contributed by atoms with Gasteiger partial charge < -0.3 is 5.11 Å². The average Bonchev–Trinajstić information content (AvgIpc) is 2.29. The van der Waals surface area contributed by atoms with Crippen LogP contribution in [-0.2, 0) is 4.79 Å². The normalized spacial score (nSPS) is 11.5. The van der Waals surface area contributed by atoms with Crippen LogP contribution < -0.4 is 0 Å². The summed E-state index contributed by atoms with van der Waals surface area (Å²) in [4.78, 5) is 22.5. The molecule has 4 heteroatoms. The number of nitriles is 1. The highest BCUT2D eigenvalue weighted by Gasteiger charge is 2.24. The number of Topliss-reactive ketones (excluding diaryl/α,β-unsaturated/α-hetero) is 1. The predicted octanol–water partition coefficient (Wildman–Crippen LogP) is 1.85. The molecule has 1 N–H and O–H groups in total. The van der Waals surface area contributed by atoms with E-state index in [1.165, 1.54) is 24.3 Å². The monoisotopic (exact) mass is 217 g/mol. The van der Waals surface area contributed by atoms with Gasteiger partial charge in [-0.05, 0) is 18.6 Å². The number of carboxylic acid groups (broad SMARTS) is 1. The van der Waals surface area contributed by atoms with E-state index < -0.39 is 17.7 Å². The SMILES string of the molecule is CCC(C(=O)O)C(=O)c1ccc(C#N)cc1. The molecule has 82 valence electrons. The van der Waals surface area contributed by atoms with Crippen molar-refractivity contribution in [3.8, 4) is 6.07 Å². The number of rotatable bonds is 4. The number of hydrogen-bond acceptors (Lipinski definition) is 3. The van der Waals surface area contributed by atoms with Gasteiger partial charge in [-0.15, -0.1) is 0 Å². The molecule has 1 rings (SSSR count). The van der Waals surface area contributed by atoms with Crippen LogP contribution in [0.5, 0.6) is 0 Å². The summed E-state index contributed by atoms with van der Waals surface area (Å²) in [6.45, 7) is 1.65. The highest BCUT2D eigenvalue weighted by atomic mass is 16.4. The lowest BCUT2D eigenvalue weighted by Crippen LogP contribution is -2.23. The van der Waals surface area contributed by atoms with E-state index in [4.69, 9.17) is 10.4 Å². The van der Waals surface area contributed by atoms with Crippen LogP contribution in [0.2, 0.25) is 0 Å². The Labute approximate surface area is 93.1 Å². The number of carboxylic acids is 1. The van der Waals surface area contributed by atoms with Gasteiger partial charge in [0.1, 0.15) is 5.92 Å². The number of carbonyl (C=O) groups is 2. The van der Waals surface area contributed by atoms with Crippen LogP contribution in [0.25, 0.3) is 0 Å². The molecule has 4 nitrogen and oxygen atoms in total. The second-order valence-electron chi connectivity index (χ2n) is 3.35. The van der Waals surface area contributed by atoms with Crippen LogP contribution in [-0.4, -0.2) is 16.9 Å². The first-order valence-corrected chi connectivity index (χ1v) is 4.87. The maximum atomic E-state index is 11.8. The molecule has 0 bridgehead atoms. The van der Waals surface area contributed by atoms with Crippen molar-refractivity contribution in [3.05, 3.63) is 35.4 Å². The molecule has 0 aliphatic rings. The number of nitrogens with zero attached hydrogens (tertiary/aromatic N) is 1. The van der Waals surface area contributed by atoms with Crippen molar-refractivity contribution in [2.75, 3.05) is 0 Å². The van der Waals surface area contributed by atoms with E-state index in [9.17, 15) is 9.59 Å². The van der Waals surface area contributed by atoms with Gasteiger partial charge in [0.25, 0.3) is 0 Å². The van der Waals surface area contributed by atoms with E-state index in [0.717, 1.165) is 0 Å². The molecule has 0 radical (unpaired) electrons. The Kier molecular flexibility index (Phi) is 3.78. The van der Waals surface area contributed by atoms with Gasteiger partial charge in [0.2, 0.25) is 0 Å². The first-order valence-electron chi connectivity index (χ1n) is 4.87. The van der Waals surface area contributed by atoms with Gasteiger partial charge in [-0.2, -0.15) is 5.26 Å². The van der Waals surface area contributed by atoms with Gasteiger partial charge in [-0.25, -0.2) is 0 Å². The van der Waals surface area contributed by atoms with E-state index >= 15 is 0 Å². The van der Waals surface area contributed by atoms with Crippen molar-refractivity contribution in [1.29, 1.82) is 5.26 Å². The fourth-order valence-corrected chi connectivity index (χ4v) is 1.38. The number of aliphatic carboxylic acids is 1. The summed E-state index contributed by atoms with van der Waals surface area (Å²) < 4.78 is 0. The predicted molar refractivity (Wildman–Crippen MR) is 56.9 cm³/mol. The van der Waals surface area contributed by atoms with Gasteiger partial charge in [0.05, 0.1) is 11.6 Å². The summed E-state index contributed by atoms with van der Waals surface area (Å²) in [5.41, 5.74) is 0.771. The molecule has 0 aromatic heterocycles. The summed E-state index contributed by atoms with van der Waals surface area (Å²) in [6.07, 6.45) is 0.258. The van der Waals surface area contributed by atoms with Crippen molar-refractivity contribution in [2.24, 2.45) is 5.92 Å². The number of hydrogen-bond donors (Lipinski definition) is 1. The van der Waals surface area contributed by atoms with Crippen LogP contribution in [0.1, 0.15) is 29.3 Å². The minimum atomic E-state index is -1.11. The van der Waals surface area contributed by atoms with Crippen molar-refractivity contribution >= 4 is 11.8 Å². The third kappa shape index (κ3) is 2.45. The highest BCUT2D eigenvalue weighted by molar-refractivity contribution is 6.08. The molecule has 0 heterocycles. The number of ketones is 1. The molecule has 1 aromatic carbocycles. The number of benzene rings is 1. The van der Waals surface area contributed by atoms with Gasteiger partial charge in [-0.1, -0.05) is 19.1 Å². The fraction of sp³-hybridized carbons (Fsp3) is 0.250. The summed E-state index contributed by atoms with van der Waals surface area (Å²) in [5, 5.41) is 17.4. The van der Waals surface area contributed by atoms with Crippen LogP contribution in [0.3, 0.4) is 0 Å². The Morgan fingerprint density at radius 1 is 1.38 bits per heavy atom. The molecule has 0 saturated heterocycles. The molecule has 0 spiro atoms. The summed E-state index contributed by atoms with van der Waals surface area (Å²) >= 11 is 0. The number of carbonyl (C=O) groups excluding carboxylic acids is 1. The van der Waals surface area contributed by atoms with Gasteiger partial charge >= 0.3 is 5.97 Å². The second kappa shape index (κ2) is 5.08. The van der Waals surface area contributed by atoms with Crippen molar-refractivity contribution < 1.29 is 14.7 Å². The average molecular weight is 217 g/mol. The smallest absolute Gasteiger partial charge is 0.314 e. The molecule has 0 amide bonds. The maximum Gasteiger partial charge on any atom is 0.314 e. The van der Waals surface area contributed by atoms with Gasteiger partial charge in [0.15, 0.2) is 5.78 Å². The van der Waals surface area contributed by atoms with Gasteiger partial charge in [-0.3, -0.25) is 9.59 Å². The molecule has 0 fully saturated rings. The molecule has 1 unspecified atom stereocenters. The molecule has 1 aromatic rings. The Morgan fingerprint density at radius 2 is 1.94 bits per heavy atom. The minimum absolute atomic E-state index is 0.258. The van der Waals surface area contributed by atoms with Crippen LogP contribution >= 0.6 is 0 Å². The zero-order valence-corrected chi connectivity index (χ0v) is 8.80. The molecule has 0 aliphatic heterocycles. The summed E-state index contributed by atoms with van der Waals surface area (Å²) in [6, 6.07) is 7.89. The summed E-state index contributed by atoms with van der Waals surface area (Å²) in [7, 11) is 0. The second-order valence-corrected chi connectivity index (χ2v) is 3.35. The third-order valence-corrected chi connectivity index (χ3v) is 2.32. The molecule has 16 heavy (non-hydrogen) atoms. The van der Waals surface area contributed by atoms with E-state index in [1.807, 2.05) is 6.07 Å². The topological polar surface area (TPSA) is 78.2 Å². The molecule has 0 saturated carbocycles. The zero-order valence-electron chi connectivity index (χ0n) is 8.80. The van der Waals surface area contributed by atoms with Crippen molar-refractivity contribution in [3.63, 3.8) is 0 Å². The quantitative estimate of drug-likeness (QED) is 0.616. The fourth-order valence-electron chi connectivity index (χ4n) is 1.38.